The Kier molecular flexibility index (Phi) is 9.32. The van der Waals surface area contributed by atoms with Crippen LogP contribution in [-0.2, 0) is 4.74 Å². The third kappa shape index (κ3) is 6.87. The Balaban J connectivity index is 1.78. The van der Waals surface area contributed by atoms with Gasteiger partial charge in [0.05, 0.1) is 18.9 Å². The molecular formula is C21H34N2O3. The van der Waals surface area contributed by atoms with Crippen LogP contribution in [0.3, 0.4) is 0 Å². The van der Waals surface area contributed by atoms with Crippen LogP contribution in [0.4, 0.5) is 10.5 Å². The minimum Gasteiger partial charge on any atom is -0.494 e. The van der Waals surface area contributed by atoms with E-state index in [1.54, 1.807) is 4.90 Å². The van der Waals surface area contributed by atoms with Crippen molar-refractivity contribution in [3.63, 3.8) is 0 Å². The zero-order valence-electron chi connectivity index (χ0n) is 16.4. The maximum Gasteiger partial charge on any atom is 0.414 e. The fourth-order valence-electron chi connectivity index (χ4n) is 3.20. The molecule has 2 rings (SSSR count). The molecule has 0 bridgehead atoms. The second-order valence-corrected chi connectivity index (χ2v) is 6.81. The van der Waals surface area contributed by atoms with Crippen molar-refractivity contribution >= 4 is 11.8 Å². The first-order chi connectivity index (χ1) is 12.7. The minimum absolute atomic E-state index is 0.281. The lowest BCUT2D eigenvalue weighted by Gasteiger charge is -2.26. The number of anilines is 1. The fourth-order valence-corrected chi connectivity index (χ4v) is 3.20. The summed E-state index contributed by atoms with van der Waals surface area (Å²) in [6.07, 6.45) is 6.67. The lowest BCUT2D eigenvalue weighted by atomic mass is 10.1. The van der Waals surface area contributed by atoms with Gasteiger partial charge in [0.2, 0.25) is 0 Å². The second-order valence-electron chi connectivity index (χ2n) is 6.81. The van der Waals surface area contributed by atoms with Gasteiger partial charge in [-0.15, -0.1) is 0 Å². The van der Waals surface area contributed by atoms with Crippen molar-refractivity contribution < 1.29 is 14.3 Å². The number of amides is 1. The number of hydrogen-bond acceptors (Lipinski definition) is 4. The van der Waals surface area contributed by atoms with E-state index in [9.17, 15) is 4.79 Å². The second kappa shape index (κ2) is 11.8. The van der Waals surface area contributed by atoms with Crippen molar-refractivity contribution in [1.29, 1.82) is 0 Å². The zero-order valence-corrected chi connectivity index (χ0v) is 16.4. The molecule has 1 amide bonds. The Morgan fingerprint density at radius 1 is 1.12 bits per heavy atom. The molecule has 5 heteroatoms. The van der Waals surface area contributed by atoms with Crippen LogP contribution in [0.1, 0.15) is 52.4 Å². The summed E-state index contributed by atoms with van der Waals surface area (Å²) in [6, 6.07) is 7.68. The summed E-state index contributed by atoms with van der Waals surface area (Å²) in [6.45, 7) is 9.22. The van der Waals surface area contributed by atoms with E-state index in [0.29, 0.717) is 19.8 Å². The summed E-state index contributed by atoms with van der Waals surface area (Å²) >= 11 is 0. The topological polar surface area (TPSA) is 42.0 Å². The van der Waals surface area contributed by atoms with Crippen LogP contribution in [0.15, 0.2) is 24.3 Å². The van der Waals surface area contributed by atoms with E-state index in [1.807, 2.05) is 31.2 Å². The third-order valence-corrected chi connectivity index (χ3v) is 4.73. The van der Waals surface area contributed by atoms with Gasteiger partial charge in [-0.05, 0) is 57.8 Å². The smallest absolute Gasteiger partial charge is 0.414 e. The fraction of sp³-hybridized carbons (Fsp3) is 0.667. The number of carbonyl (C=O) groups excluding carboxylic acids is 1. The van der Waals surface area contributed by atoms with E-state index in [0.717, 1.165) is 37.2 Å². The molecule has 0 aromatic heterocycles. The van der Waals surface area contributed by atoms with Gasteiger partial charge in [-0.2, -0.15) is 0 Å². The normalized spacial score (nSPS) is 14.8. The third-order valence-electron chi connectivity index (χ3n) is 4.73. The van der Waals surface area contributed by atoms with Crippen LogP contribution in [0, 0.1) is 0 Å². The Bertz CT molecular complexity index is 530. The minimum atomic E-state index is -0.281. The van der Waals surface area contributed by atoms with Gasteiger partial charge in [-0.3, -0.25) is 4.90 Å². The highest BCUT2D eigenvalue weighted by molar-refractivity contribution is 5.87. The monoisotopic (exact) mass is 362 g/mol. The highest BCUT2D eigenvalue weighted by Gasteiger charge is 2.16. The average Bonchev–Trinajstić information content (AvgIpc) is 2.67. The van der Waals surface area contributed by atoms with Gasteiger partial charge in [0, 0.05) is 19.2 Å². The van der Waals surface area contributed by atoms with E-state index < -0.39 is 0 Å². The first-order valence-corrected chi connectivity index (χ1v) is 10.1. The molecule has 1 aromatic rings. The van der Waals surface area contributed by atoms with Crippen molar-refractivity contribution in [1.82, 2.24) is 4.90 Å². The summed E-state index contributed by atoms with van der Waals surface area (Å²) in [5.41, 5.74) is 0.822. The van der Waals surface area contributed by atoms with Gasteiger partial charge < -0.3 is 14.4 Å². The van der Waals surface area contributed by atoms with Gasteiger partial charge in [0.1, 0.15) is 5.75 Å². The molecule has 0 saturated carbocycles. The van der Waals surface area contributed by atoms with E-state index >= 15 is 0 Å². The van der Waals surface area contributed by atoms with Gasteiger partial charge in [0.15, 0.2) is 0 Å². The van der Waals surface area contributed by atoms with E-state index in [-0.39, 0.29) is 6.09 Å². The molecule has 146 valence electrons. The quantitative estimate of drug-likeness (QED) is 0.566. The summed E-state index contributed by atoms with van der Waals surface area (Å²) < 4.78 is 11.2. The van der Waals surface area contributed by atoms with Crippen LogP contribution < -0.4 is 9.64 Å². The molecule has 1 aliphatic heterocycles. The summed E-state index contributed by atoms with van der Waals surface area (Å²) in [5, 5.41) is 0. The van der Waals surface area contributed by atoms with Crippen molar-refractivity contribution in [3.8, 4) is 5.75 Å². The Labute approximate surface area is 158 Å². The zero-order chi connectivity index (χ0) is 18.6. The van der Waals surface area contributed by atoms with Crippen LogP contribution in [0.5, 0.6) is 5.75 Å². The predicted molar refractivity (Wildman–Crippen MR) is 106 cm³/mol. The molecule has 1 aliphatic rings. The molecule has 0 unspecified atom stereocenters. The highest BCUT2D eigenvalue weighted by Crippen LogP contribution is 2.22. The number of benzene rings is 1. The molecule has 1 heterocycles. The number of rotatable bonds is 10. The van der Waals surface area contributed by atoms with E-state index in [2.05, 4.69) is 11.8 Å². The molecule has 0 atom stereocenters. The van der Waals surface area contributed by atoms with Crippen molar-refractivity contribution in [2.75, 3.05) is 44.3 Å². The number of hydrogen-bond donors (Lipinski definition) is 0. The van der Waals surface area contributed by atoms with Gasteiger partial charge >= 0.3 is 6.09 Å². The largest absolute Gasteiger partial charge is 0.494 e. The van der Waals surface area contributed by atoms with Gasteiger partial charge in [-0.1, -0.05) is 25.8 Å². The lowest BCUT2D eigenvalue weighted by Crippen LogP contribution is -2.33. The van der Waals surface area contributed by atoms with Crippen molar-refractivity contribution in [2.45, 2.75) is 52.4 Å². The molecule has 26 heavy (non-hydrogen) atoms. The summed E-state index contributed by atoms with van der Waals surface area (Å²) in [5.74, 6) is 0.798. The Morgan fingerprint density at radius 3 is 2.65 bits per heavy atom. The van der Waals surface area contributed by atoms with Crippen molar-refractivity contribution in [2.24, 2.45) is 0 Å². The molecule has 0 aliphatic carbocycles. The molecule has 0 radical (unpaired) electrons. The molecule has 5 nitrogen and oxygen atoms in total. The van der Waals surface area contributed by atoms with E-state index in [4.69, 9.17) is 9.47 Å². The summed E-state index contributed by atoms with van der Waals surface area (Å²) in [4.78, 5) is 16.6. The van der Waals surface area contributed by atoms with Gasteiger partial charge in [-0.25, -0.2) is 4.79 Å². The van der Waals surface area contributed by atoms with Crippen molar-refractivity contribution in [3.05, 3.63) is 24.3 Å². The highest BCUT2D eigenvalue weighted by atomic mass is 16.6. The number of nitrogens with zero attached hydrogens (tertiary/aromatic N) is 2. The predicted octanol–water partition coefficient (Wildman–Crippen LogP) is 4.70. The number of unbranched alkanes of at least 4 members (excludes halogenated alkanes) is 1. The molecular weight excluding hydrogens is 328 g/mol. The first kappa shape index (κ1) is 20.6. The number of likely N-dealkylation sites (tertiary alicyclic amines) is 1. The average molecular weight is 363 g/mol. The van der Waals surface area contributed by atoms with Crippen LogP contribution in [0.2, 0.25) is 0 Å². The molecule has 0 N–H and O–H groups in total. The molecule has 1 fully saturated rings. The Hall–Kier alpha value is -1.75. The summed E-state index contributed by atoms with van der Waals surface area (Å²) in [7, 11) is 0. The SMILES string of the molecule is CCCCOc1cccc(N(CC)C(=O)OCCCN2CCCCC2)c1. The standard InChI is InChI=1S/C21H34N2O3/c1-3-5-16-25-20-12-9-11-19(18-20)23(4-2)21(24)26-17-10-15-22-13-7-6-8-14-22/h9,11-12,18H,3-8,10,13-17H2,1-2H3. The Morgan fingerprint density at radius 2 is 1.92 bits per heavy atom. The lowest BCUT2D eigenvalue weighted by molar-refractivity contribution is 0.142. The molecule has 1 saturated heterocycles. The number of piperidine rings is 1. The van der Waals surface area contributed by atoms with Crippen LogP contribution in [0.25, 0.3) is 0 Å². The van der Waals surface area contributed by atoms with E-state index in [1.165, 1.54) is 32.4 Å². The molecule has 0 spiro atoms. The van der Waals surface area contributed by atoms with Gasteiger partial charge in [0.25, 0.3) is 0 Å². The number of ether oxygens (including phenoxy) is 2. The maximum atomic E-state index is 12.4. The number of carbonyl (C=O) groups is 1. The first-order valence-electron chi connectivity index (χ1n) is 10.1. The molecule has 1 aromatic carbocycles. The van der Waals surface area contributed by atoms with Crippen LogP contribution in [-0.4, -0.2) is 50.4 Å². The maximum absolute atomic E-state index is 12.4. The van der Waals surface area contributed by atoms with Crippen LogP contribution >= 0.6 is 0 Å².